The molecule has 0 aromatic heterocycles. The number of aliphatic hydroxyl groups is 1. The Balaban J connectivity index is 2.25. The minimum Gasteiger partial charge on any atom is -0.390 e. The van der Waals surface area contributed by atoms with Crippen molar-refractivity contribution in [2.24, 2.45) is 5.73 Å². The first-order valence-corrected chi connectivity index (χ1v) is 4.27. The van der Waals surface area contributed by atoms with E-state index in [1.54, 1.807) is 0 Å². The lowest BCUT2D eigenvalue weighted by Gasteiger charge is -2.17. The van der Waals surface area contributed by atoms with Gasteiger partial charge < -0.3 is 15.6 Å². The quantitative estimate of drug-likeness (QED) is 0.621. The molecule has 3 atom stereocenters. The van der Waals surface area contributed by atoms with E-state index < -0.39 is 0 Å². The predicted molar refractivity (Wildman–Crippen MR) is 43.2 cm³/mol. The third kappa shape index (κ3) is 2.43. The van der Waals surface area contributed by atoms with E-state index in [0.717, 1.165) is 12.8 Å². The summed E-state index contributed by atoms with van der Waals surface area (Å²) in [5.41, 5.74) is 5.32. The molecule has 0 saturated carbocycles. The van der Waals surface area contributed by atoms with Gasteiger partial charge in [0.15, 0.2) is 0 Å². The number of aliphatic hydroxyl groups excluding tert-OH is 1. The molecule has 1 rings (SSSR count). The van der Waals surface area contributed by atoms with E-state index in [2.05, 4.69) is 0 Å². The van der Waals surface area contributed by atoms with Gasteiger partial charge in [0.25, 0.3) is 0 Å². The Hall–Kier alpha value is -0.120. The second kappa shape index (κ2) is 4.04. The molecule has 1 aliphatic rings. The van der Waals surface area contributed by atoms with E-state index in [1.807, 2.05) is 6.92 Å². The second-order valence-electron chi connectivity index (χ2n) is 3.21. The molecule has 1 aliphatic heterocycles. The van der Waals surface area contributed by atoms with Gasteiger partial charge in [-0.1, -0.05) is 0 Å². The van der Waals surface area contributed by atoms with Gasteiger partial charge in [-0.15, -0.1) is 0 Å². The van der Waals surface area contributed by atoms with Crippen LogP contribution in [0.25, 0.3) is 0 Å². The van der Waals surface area contributed by atoms with E-state index in [-0.39, 0.29) is 12.2 Å². The Morgan fingerprint density at radius 1 is 1.64 bits per heavy atom. The fourth-order valence-electron chi connectivity index (χ4n) is 1.47. The van der Waals surface area contributed by atoms with Gasteiger partial charge in [0.1, 0.15) is 0 Å². The molecule has 3 unspecified atom stereocenters. The summed E-state index contributed by atoms with van der Waals surface area (Å²) < 4.78 is 5.47. The van der Waals surface area contributed by atoms with Crippen LogP contribution in [0.15, 0.2) is 0 Å². The van der Waals surface area contributed by atoms with Crippen LogP contribution in [-0.2, 0) is 4.74 Å². The first-order chi connectivity index (χ1) is 5.24. The molecule has 11 heavy (non-hydrogen) atoms. The summed E-state index contributed by atoms with van der Waals surface area (Å²) in [7, 11) is 0. The van der Waals surface area contributed by atoms with Crippen LogP contribution >= 0.6 is 0 Å². The molecule has 1 fully saturated rings. The molecule has 0 aromatic carbocycles. The molecule has 0 aliphatic carbocycles. The number of rotatable bonds is 3. The van der Waals surface area contributed by atoms with E-state index in [9.17, 15) is 5.11 Å². The van der Waals surface area contributed by atoms with Crippen LogP contribution in [0.3, 0.4) is 0 Å². The zero-order valence-electron chi connectivity index (χ0n) is 6.99. The van der Waals surface area contributed by atoms with Crippen molar-refractivity contribution in [2.45, 2.75) is 44.5 Å². The van der Waals surface area contributed by atoms with Gasteiger partial charge in [0.2, 0.25) is 0 Å². The van der Waals surface area contributed by atoms with Crippen LogP contribution in [0, 0.1) is 0 Å². The van der Waals surface area contributed by atoms with Crippen molar-refractivity contribution in [1.29, 1.82) is 0 Å². The van der Waals surface area contributed by atoms with Crippen LogP contribution in [0.5, 0.6) is 0 Å². The fourth-order valence-corrected chi connectivity index (χ4v) is 1.47. The summed E-state index contributed by atoms with van der Waals surface area (Å²) in [6.45, 7) is 2.57. The third-order valence-corrected chi connectivity index (χ3v) is 2.16. The van der Waals surface area contributed by atoms with Crippen molar-refractivity contribution >= 4 is 0 Å². The van der Waals surface area contributed by atoms with Gasteiger partial charge in [-0.2, -0.15) is 0 Å². The maximum absolute atomic E-state index is 9.46. The van der Waals surface area contributed by atoms with Crippen LogP contribution in [0.4, 0.5) is 0 Å². The Morgan fingerprint density at radius 3 is 2.82 bits per heavy atom. The highest BCUT2D eigenvalue weighted by Gasteiger charge is 2.27. The van der Waals surface area contributed by atoms with Gasteiger partial charge in [-0.05, 0) is 32.7 Å². The van der Waals surface area contributed by atoms with Crippen LogP contribution in [0.1, 0.15) is 26.2 Å². The van der Waals surface area contributed by atoms with Gasteiger partial charge in [-0.3, -0.25) is 0 Å². The molecule has 0 amide bonds. The monoisotopic (exact) mass is 159 g/mol. The lowest BCUT2D eigenvalue weighted by atomic mass is 10.1. The molecule has 1 saturated heterocycles. The predicted octanol–water partition coefficient (Wildman–Crippen LogP) is 0.264. The summed E-state index contributed by atoms with van der Waals surface area (Å²) in [4.78, 5) is 0. The average molecular weight is 159 g/mol. The van der Waals surface area contributed by atoms with E-state index in [4.69, 9.17) is 10.5 Å². The molecule has 1 heterocycles. The highest BCUT2D eigenvalue weighted by Crippen LogP contribution is 2.22. The molecule has 0 radical (unpaired) electrons. The van der Waals surface area contributed by atoms with Crippen molar-refractivity contribution in [3.63, 3.8) is 0 Å². The van der Waals surface area contributed by atoms with Gasteiger partial charge >= 0.3 is 0 Å². The number of hydrogen-bond donors (Lipinski definition) is 2. The number of ether oxygens (including phenoxy) is 1. The molecule has 3 nitrogen and oxygen atoms in total. The lowest BCUT2D eigenvalue weighted by molar-refractivity contribution is -0.0303. The normalized spacial score (nSPS) is 34.1. The first kappa shape index (κ1) is 8.97. The van der Waals surface area contributed by atoms with E-state index in [0.29, 0.717) is 19.1 Å². The summed E-state index contributed by atoms with van der Waals surface area (Å²) in [6.07, 6.45) is 2.68. The summed E-state index contributed by atoms with van der Waals surface area (Å²) in [5, 5.41) is 9.46. The molecule has 3 heteroatoms. The fraction of sp³-hybridized carbons (Fsp3) is 1.00. The molecule has 0 aromatic rings. The second-order valence-corrected chi connectivity index (χ2v) is 3.21. The smallest absolute Gasteiger partial charge is 0.0839 e. The molecule has 66 valence electrons. The highest BCUT2D eigenvalue weighted by molar-refractivity contribution is 4.77. The van der Waals surface area contributed by atoms with Crippen LogP contribution in [-0.4, -0.2) is 30.0 Å². The Kier molecular flexibility index (Phi) is 3.30. The van der Waals surface area contributed by atoms with Crippen LogP contribution in [0.2, 0.25) is 0 Å². The van der Waals surface area contributed by atoms with Crippen molar-refractivity contribution in [2.75, 3.05) is 6.54 Å². The van der Waals surface area contributed by atoms with Gasteiger partial charge in [0.05, 0.1) is 18.3 Å². The summed E-state index contributed by atoms with van der Waals surface area (Å²) in [6, 6.07) is 0. The lowest BCUT2D eigenvalue weighted by Crippen LogP contribution is -2.28. The molecular weight excluding hydrogens is 142 g/mol. The first-order valence-electron chi connectivity index (χ1n) is 4.27. The highest BCUT2D eigenvalue weighted by atomic mass is 16.5. The topological polar surface area (TPSA) is 55.5 Å². The van der Waals surface area contributed by atoms with Gasteiger partial charge in [0, 0.05) is 0 Å². The molecule has 0 bridgehead atoms. The zero-order chi connectivity index (χ0) is 8.27. The standard InChI is InChI=1S/C8H17NO2/c1-6-2-3-8(11-6)7(10)4-5-9/h6-8,10H,2-5,9H2,1H3. The van der Waals surface area contributed by atoms with E-state index in [1.165, 1.54) is 0 Å². The number of nitrogens with two attached hydrogens (primary N) is 1. The maximum atomic E-state index is 9.46. The molecule has 0 spiro atoms. The molecule has 3 N–H and O–H groups in total. The van der Waals surface area contributed by atoms with Gasteiger partial charge in [-0.25, -0.2) is 0 Å². The Labute approximate surface area is 67.5 Å². The number of hydrogen-bond acceptors (Lipinski definition) is 3. The third-order valence-electron chi connectivity index (χ3n) is 2.16. The minimum absolute atomic E-state index is 0.0357. The summed E-state index contributed by atoms with van der Waals surface area (Å²) in [5.74, 6) is 0. The zero-order valence-corrected chi connectivity index (χ0v) is 6.99. The maximum Gasteiger partial charge on any atom is 0.0839 e. The SMILES string of the molecule is CC1CCC(C(O)CCN)O1. The Bertz CT molecular complexity index is 119. The minimum atomic E-state index is -0.357. The van der Waals surface area contributed by atoms with Crippen molar-refractivity contribution in [1.82, 2.24) is 0 Å². The average Bonchev–Trinajstić information content (AvgIpc) is 2.36. The Morgan fingerprint density at radius 2 is 2.36 bits per heavy atom. The van der Waals surface area contributed by atoms with Crippen molar-refractivity contribution in [3.8, 4) is 0 Å². The van der Waals surface area contributed by atoms with E-state index >= 15 is 0 Å². The largest absolute Gasteiger partial charge is 0.390 e. The molecular formula is C8H17NO2. The van der Waals surface area contributed by atoms with Crippen molar-refractivity contribution in [3.05, 3.63) is 0 Å². The van der Waals surface area contributed by atoms with Crippen molar-refractivity contribution < 1.29 is 9.84 Å². The summed E-state index contributed by atoms with van der Waals surface area (Å²) >= 11 is 0. The van der Waals surface area contributed by atoms with Crippen LogP contribution < -0.4 is 5.73 Å².